The number of rotatable bonds is 7. The van der Waals surface area contributed by atoms with Gasteiger partial charge in [-0.3, -0.25) is 0 Å². The van der Waals surface area contributed by atoms with E-state index in [1.807, 2.05) is 0 Å². The van der Waals surface area contributed by atoms with Crippen molar-refractivity contribution in [2.24, 2.45) is 0 Å². The fourth-order valence-electron chi connectivity index (χ4n) is 13.4. The number of benzene rings is 13. The predicted molar refractivity (Wildman–Crippen MR) is 328 cm³/mol. The van der Waals surface area contributed by atoms with Gasteiger partial charge in [0, 0.05) is 27.9 Å². The van der Waals surface area contributed by atoms with Crippen molar-refractivity contribution in [2.45, 2.75) is 38.5 Å². The maximum atomic E-state index is 2.49. The number of hydrogen-bond donors (Lipinski definition) is 0. The second-order valence-corrected chi connectivity index (χ2v) is 22.4. The molecule has 0 spiro atoms. The molecule has 13 aromatic rings. The minimum atomic E-state index is -0.250. The Bertz CT molecular complexity index is 4310. The molecule has 0 aliphatic heterocycles. The molecular weight excluding hydrogens is 927 g/mol. The van der Waals surface area contributed by atoms with Crippen LogP contribution in [0.3, 0.4) is 0 Å². The van der Waals surface area contributed by atoms with Gasteiger partial charge in [-0.2, -0.15) is 0 Å². The Morgan fingerprint density at radius 2 is 0.532 bits per heavy atom. The van der Waals surface area contributed by atoms with Crippen molar-refractivity contribution in [3.05, 3.63) is 283 Å². The summed E-state index contributed by atoms with van der Waals surface area (Å²) in [5, 5.41) is 10.3. The van der Waals surface area contributed by atoms with Crippen LogP contribution in [-0.2, 0) is 10.8 Å². The SMILES string of the molecule is CC1(C)c2cc(-c3cc4ccccc4c4ccccc34)ccc2-c2ccc(N(c3ccc(-c4ccc(-c5ccccc5)cc4)cc3)c3ccc4c(c3)C(C)(C)c3cc(-c5cc6ccccc6c6ccccc56)ccc3-4)cc21. The Labute approximate surface area is 451 Å². The van der Waals surface area contributed by atoms with Crippen LogP contribution < -0.4 is 4.90 Å². The molecule has 1 heteroatoms. The third-order valence-electron chi connectivity index (χ3n) is 17.4. The summed E-state index contributed by atoms with van der Waals surface area (Å²) in [6.45, 7) is 9.65. The molecule has 0 saturated carbocycles. The number of fused-ring (bicyclic) bond motifs is 12. The van der Waals surface area contributed by atoms with Crippen molar-refractivity contribution in [2.75, 3.05) is 4.90 Å². The van der Waals surface area contributed by atoms with E-state index >= 15 is 0 Å². The molecule has 0 N–H and O–H groups in total. The monoisotopic (exact) mass is 981 g/mol. The summed E-state index contributed by atoms with van der Waals surface area (Å²) in [7, 11) is 0. The van der Waals surface area contributed by atoms with Gasteiger partial charge in [-0.1, -0.05) is 228 Å². The Hall–Kier alpha value is -9.30. The first-order valence-electron chi connectivity index (χ1n) is 27.1. The maximum absolute atomic E-state index is 2.49. The Kier molecular flexibility index (Phi) is 10.0. The van der Waals surface area contributed by atoms with Crippen LogP contribution in [0.4, 0.5) is 17.1 Å². The van der Waals surface area contributed by atoms with Crippen LogP contribution in [-0.4, -0.2) is 0 Å². The van der Waals surface area contributed by atoms with Crippen LogP contribution in [0.5, 0.6) is 0 Å². The van der Waals surface area contributed by atoms with Crippen LogP contribution in [0.25, 0.3) is 110 Å². The molecule has 0 unspecified atom stereocenters. The van der Waals surface area contributed by atoms with Crippen molar-refractivity contribution in [3.8, 4) is 66.8 Å². The van der Waals surface area contributed by atoms with Crippen LogP contribution in [0.1, 0.15) is 49.9 Å². The lowest BCUT2D eigenvalue weighted by molar-refractivity contribution is 0.660. The van der Waals surface area contributed by atoms with Gasteiger partial charge in [-0.25, -0.2) is 0 Å². The van der Waals surface area contributed by atoms with Crippen LogP contribution in [0.2, 0.25) is 0 Å². The van der Waals surface area contributed by atoms with Gasteiger partial charge in [0.1, 0.15) is 0 Å². The first-order chi connectivity index (χ1) is 37.7. The van der Waals surface area contributed by atoms with Gasteiger partial charge < -0.3 is 4.90 Å². The van der Waals surface area contributed by atoms with E-state index in [4.69, 9.17) is 0 Å². The lowest BCUT2D eigenvalue weighted by atomic mass is 9.80. The maximum Gasteiger partial charge on any atom is 0.0465 e. The van der Waals surface area contributed by atoms with Gasteiger partial charge in [-0.05, 0) is 193 Å². The summed E-state index contributed by atoms with van der Waals surface area (Å²) in [6, 6.07) is 97.7. The average molecular weight is 982 g/mol. The van der Waals surface area contributed by atoms with Gasteiger partial charge >= 0.3 is 0 Å². The minimum Gasteiger partial charge on any atom is -0.310 e. The lowest BCUT2D eigenvalue weighted by Crippen LogP contribution is -2.18. The van der Waals surface area contributed by atoms with Gasteiger partial charge in [0.25, 0.3) is 0 Å². The predicted octanol–water partition coefficient (Wildman–Crippen LogP) is 21.0. The molecule has 15 rings (SSSR count). The molecule has 0 atom stereocenters. The molecular formula is C76H55N. The fraction of sp³-hybridized carbons (Fsp3) is 0.0789. The molecule has 2 aliphatic rings. The summed E-state index contributed by atoms with van der Waals surface area (Å²) < 4.78 is 0. The van der Waals surface area contributed by atoms with Crippen molar-refractivity contribution in [3.63, 3.8) is 0 Å². The molecule has 0 amide bonds. The molecule has 77 heavy (non-hydrogen) atoms. The number of nitrogens with zero attached hydrogens (tertiary/aromatic N) is 1. The highest BCUT2D eigenvalue weighted by atomic mass is 15.1. The summed E-state index contributed by atoms with van der Waals surface area (Å²) in [4.78, 5) is 2.49. The van der Waals surface area contributed by atoms with E-state index in [0.29, 0.717) is 0 Å². The van der Waals surface area contributed by atoms with Crippen molar-refractivity contribution in [1.29, 1.82) is 0 Å². The zero-order chi connectivity index (χ0) is 51.6. The van der Waals surface area contributed by atoms with E-state index in [1.54, 1.807) is 0 Å². The van der Waals surface area contributed by atoms with Crippen molar-refractivity contribution in [1.82, 2.24) is 0 Å². The highest BCUT2D eigenvalue weighted by molar-refractivity contribution is 6.15. The average Bonchev–Trinajstić information content (AvgIpc) is 3.99. The molecule has 0 fully saturated rings. The summed E-state index contributed by atoms with van der Waals surface area (Å²) >= 11 is 0. The lowest BCUT2D eigenvalue weighted by Gasteiger charge is -2.30. The van der Waals surface area contributed by atoms with E-state index < -0.39 is 0 Å². The molecule has 0 heterocycles. The molecule has 0 saturated heterocycles. The van der Waals surface area contributed by atoms with Crippen molar-refractivity contribution >= 4 is 60.2 Å². The minimum absolute atomic E-state index is 0.250. The Balaban J connectivity index is 0.834. The van der Waals surface area contributed by atoms with E-state index in [-0.39, 0.29) is 10.8 Å². The molecule has 0 aromatic heterocycles. The summed E-state index contributed by atoms with van der Waals surface area (Å²) in [5.41, 5.74) is 23.4. The normalized spacial score (nSPS) is 13.7. The molecule has 1 nitrogen and oxygen atoms in total. The van der Waals surface area contributed by atoms with E-state index in [2.05, 4.69) is 293 Å². The van der Waals surface area contributed by atoms with E-state index in [9.17, 15) is 0 Å². The zero-order valence-corrected chi connectivity index (χ0v) is 43.8. The second kappa shape index (κ2) is 17.1. The van der Waals surface area contributed by atoms with Crippen LogP contribution in [0, 0.1) is 0 Å². The zero-order valence-electron chi connectivity index (χ0n) is 43.8. The first-order valence-corrected chi connectivity index (χ1v) is 27.1. The van der Waals surface area contributed by atoms with Crippen LogP contribution >= 0.6 is 0 Å². The van der Waals surface area contributed by atoms with Gasteiger partial charge in [0.15, 0.2) is 0 Å². The quantitative estimate of drug-likeness (QED) is 0.144. The molecule has 0 bridgehead atoms. The molecule has 0 radical (unpaired) electrons. The summed E-state index contributed by atoms with van der Waals surface area (Å²) in [5.74, 6) is 0. The smallest absolute Gasteiger partial charge is 0.0465 e. The van der Waals surface area contributed by atoms with Gasteiger partial charge in [0.2, 0.25) is 0 Å². The largest absolute Gasteiger partial charge is 0.310 e. The third-order valence-corrected chi connectivity index (χ3v) is 17.4. The molecule has 2 aliphatic carbocycles. The van der Waals surface area contributed by atoms with E-state index in [1.165, 1.54) is 132 Å². The van der Waals surface area contributed by atoms with Gasteiger partial charge in [0.05, 0.1) is 0 Å². The second-order valence-electron chi connectivity index (χ2n) is 22.4. The highest BCUT2D eigenvalue weighted by Crippen LogP contribution is 2.55. The fourth-order valence-corrected chi connectivity index (χ4v) is 13.4. The third kappa shape index (κ3) is 7.07. The number of hydrogen-bond acceptors (Lipinski definition) is 1. The molecule has 364 valence electrons. The van der Waals surface area contributed by atoms with Gasteiger partial charge in [-0.15, -0.1) is 0 Å². The first kappa shape index (κ1) is 45.1. The summed E-state index contributed by atoms with van der Waals surface area (Å²) in [6.07, 6.45) is 0. The van der Waals surface area contributed by atoms with Crippen LogP contribution in [0.15, 0.2) is 261 Å². The Morgan fingerprint density at radius 1 is 0.221 bits per heavy atom. The van der Waals surface area contributed by atoms with E-state index in [0.717, 1.165) is 17.1 Å². The van der Waals surface area contributed by atoms with Crippen molar-refractivity contribution < 1.29 is 0 Å². The standard InChI is InChI=1S/C76H55N/c1-75(2)71-44-54(69-42-52-18-8-10-20-59(52)61-22-12-14-24-63(61)69)32-38-65(71)67-40-36-57(46-73(67)75)77(56-34-30-51(31-35-56)50-28-26-49(27-29-50)48-16-6-5-7-17-48)58-37-41-68-66-39-33-55(45-72(66)76(3,4)74(68)47-58)70-43-53-19-9-11-21-60(53)62-23-13-15-25-64(62)70/h5-47H,1-4H3. The highest BCUT2D eigenvalue weighted by Gasteiger charge is 2.38. The Morgan fingerprint density at radius 3 is 0.974 bits per heavy atom. The number of anilines is 3. The topological polar surface area (TPSA) is 3.24 Å². The molecule has 13 aromatic carbocycles.